The SMILES string of the molecule is c1ccc(C(=C(c2cccc(-c3ccc(N(c4ccccc4)c4ccccc4)cc3)c2)c2cccc(-c3ccc(N(c4ccccc4)c4ccccc4)cc3)c2)c2ccccc2)cc1. The summed E-state index contributed by atoms with van der Waals surface area (Å²) < 4.78 is 0. The topological polar surface area (TPSA) is 6.48 Å². The zero-order valence-electron chi connectivity index (χ0n) is 35.5. The lowest BCUT2D eigenvalue weighted by molar-refractivity contribution is 1.28. The van der Waals surface area contributed by atoms with E-state index in [9.17, 15) is 0 Å². The van der Waals surface area contributed by atoms with Gasteiger partial charge >= 0.3 is 0 Å². The molecule has 0 aliphatic carbocycles. The molecule has 0 fully saturated rings. The lowest BCUT2D eigenvalue weighted by atomic mass is 9.84. The van der Waals surface area contributed by atoms with Gasteiger partial charge in [0.25, 0.3) is 0 Å². The summed E-state index contributed by atoms with van der Waals surface area (Å²) in [5, 5.41) is 0. The highest BCUT2D eigenvalue weighted by Crippen LogP contribution is 2.41. The lowest BCUT2D eigenvalue weighted by Gasteiger charge is -2.25. The molecule has 0 aromatic heterocycles. The normalized spacial score (nSPS) is 10.8. The van der Waals surface area contributed by atoms with Crippen molar-refractivity contribution in [1.82, 2.24) is 0 Å². The molecule has 304 valence electrons. The molecule has 10 aromatic carbocycles. The van der Waals surface area contributed by atoms with E-state index in [2.05, 4.69) is 289 Å². The number of hydrogen-bond donors (Lipinski definition) is 0. The summed E-state index contributed by atoms with van der Waals surface area (Å²) in [6, 6.07) is 99.8. The maximum atomic E-state index is 2.35. The van der Waals surface area contributed by atoms with Gasteiger partial charge in [0, 0.05) is 34.1 Å². The standard InChI is InChI=1S/C62H46N2/c1-7-21-49(22-8-1)61(50-23-9-2-10-24-50)62(53-27-19-25-51(45-53)47-37-41-59(42-38-47)63(55-29-11-3-12-30-55)56-31-13-4-14-32-56)54-28-20-26-52(46-54)48-39-43-60(44-40-48)64(57-33-15-5-16-34-57)58-35-17-6-18-36-58/h1-46H. The van der Waals surface area contributed by atoms with E-state index in [-0.39, 0.29) is 0 Å². The second kappa shape index (κ2) is 18.7. The van der Waals surface area contributed by atoms with E-state index < -0.39 is 0 Å². The third kappa shape index (κ3) is 8.54. The largest absolute Gasteiger partial charge is 0.311 e. The smallest absolute Gasteiger partial charge is 0.0462 e. The molecule has 0 saturated carbocycles. The second-order valence-corrected chi connectivity index (χ2v) is 15.8. The summed E-state index contributed by atoms with van der Waals surface area (Å²) in [7, 11) is 0. The first-order valence-corrected chi connectivity index (χ1v) is 21.8. The fourth-order valence-corrected chi connectivity index (χ4v) is 8.64. The van der Waals surface area contributed by atoms with Crippen molar-refractivity contribution in [3.8, 4) is 22.3 Å². The number of hydrogen-bond acceptors (Lipinski definition) is 2. The van der Waals surface area contributed by atoms with Crippen LogP contribution in [0.25, 0.3) is 33.4 Å². The summed E-state index contributed by atoms with van der Waals surface area (Å²) >= 11 is 0. The fourth-order valence-electron chi connectivity index (χ4n) is 8.64. The van der Waals surface area contributed by atoms with Crippen molar-refractivity contribution in [1.29, 1.82) is 0 Å². The molecule has 10 aromatic rings. The number of anilines is 6. The molecule has 0 aliphatic heterocycles. The Balaban J connectivity index is 1.07. The minimum absolute atomic E-state index is 1.10. The van der Waals surface area contributed by atoms with Crippen LogP contribution in [0, 0.1) is 0 Å². The number of rotatable bonds is 12. The minimum atomic E-state index is 1.10. The van der Waals surface area contributed by atoms with Gasteiger partial charge in [0.2, 0.25) is 0 Å². The van der Waals surface area contributed by atoms with Gasteiger partial charge in [-0.2, -0.15) is 0 Å². The molecule has 0 heterocycles. The summed E-state index contributed by atoms with van der Waals surface area (Å²) in [5.41, 5.74) is 18.3. The van der Waals surface area contributed by atoms with Gasteiger partial charge in [-0.05, 0) is 141 Å². The Morgan fingerprint density at radius 2 is 0.438 bits per heavy atom. The molecular weight excluding hydrogens is 773 g/mol. The van der Waals surface area contributed by atoms with Gasteiger partial charge in [-0.1, -0.05) is 194 Å². The van der Waals surface area contributed by atoms with Crippen LogP contribution in [-0.2, 0) is 0 Å². The van der Waals surface area contributed by atoms with Crippen LogP contribution >= 0.6 is 0 Å². The molecule has 0 radical (unpaired) electrons. The quantitative estimate of drug-likeness (QED) is 0.113. The van der Waals surface area contributed by atoms with E-state index in [1.807, 2.05) is 0 Å². The Kier molecular flexibility index (Phi) is 11.6. The number of benzene rings is 10. The van der Waals surface area contributed by atoms with Gasteiger partial charge in [0.15, 0.2) is 0 Å². The van der Waals surface area contributed by atoms with Crippen molar-refractivity contribution in [3.63, 3.8) is 0 Å². The van der Waals surface area contributed by atoms with Crippen molar-refractivity contribution >= 4 is 45.3 Å². The van der Waals surface area contributed by atoms with Crippen LogP contribution in [0.4, 0.5) is 34.1 Å². The summed E-state index contributed by atoms with van der Waals surface area (Å²) in [6.07, 6.45) is 0. The van der Waals surface area contributed by atoms with Gasteiger partial charge in [-0.3, -0.25) is 0 Å². The van der Waals surface area contributed by atoms with Crippen molar-refractivity contribution < 1.29 is 0 Å². The van der Waals surface area contributed by atoms with E-state index in [4.69, 9.17) is 0 Å². The molecule has 0 N–H and O–H groups in total. The highest BCUT2D eigenvalue weighted by molar-refractivity contribution is 6.05. The molecule has 0 amide bonds. The van der Waals surface area contributed by atoms with Crippen molar-refractivity contribution in [2.45, 2.75) is 0 Å². The molecule has 0 spiro atoms. The first-order chi connectivity index (χ1) is 31.8. The van der Waals surface area contributed by atoms with Gasteiger partial charge < -0.3 is 9.80 Å². The predicted octanol–water partition coefficient (Wildman–Crippen LogP) is 17.0. The molecule has 10 rings (SSSR count). The molecule has 0 saturated heterocycles. The minimum Gasteiger partial charge on any atom is -0.311 e. The predicted molar refractivity (Wildman–Crippen MR) is 271 cm³/mol. The van der Waals surface area contributed by atoms with Crippen LogP contribution in [0.15, 0.2) is 279 Å². The van der Waals surface area contributed by atoms with Gasteiger partial charge in [0.05, 0.1) is 0 Å². The van der Waals surface area contributed by atoms with Crippen LogP contribution in [0.3, 0.4) is 0 Å². The van der Waals surface area contributed by atoms with Crippen molar-refractivity contribution in [2.24, 2.45) is 0 Å². The van der Waals surface area contributed by atoms with Crippen molar-refractivity contribution in [3.05, 3.63) is 301 Å². The van der Waals surface area contributed by atoms with E-state index in [1.165, 1.54) is 11.1 Å². The maximum Gasteiger partial charge on any atom is 0.0462 e. The Labute approximate surface area is 377 Å². The summed E-state index contributed by atoms with van der Waals surface area (Å²) in [4.78, 5) is 4.60. The summed E-state index contributed by atoms with van der Waals surface area (Å²) in [5.74, 6) is 0. The van der Waals surface area contributed by atoms with Crippen molar-refractivity contribution in [2.75, 3.05) is 9.80 Å². The van der Waals surface area contributed by atoms with Gasteiger partial charge in [-0.25, -0.2) is 0 Å². The zero-order chi connectivity index (χ0) is 42.9. The van der Waals surface area contributed by atoms with E-state index in [1.54, 1.807) is 0 Å². The molecule has 64 heavy (non-hydrogen) atoms. The Bertz CT molecular complexity index is 2800. The second-order valence-electron chi connectivity index (χ2n) is 15.8. The average Bonchev–Trinajstić information content (AvgIpc) is 3.38. The third-order valence-electron chi connectivity index (χ3n) is 11.7. The molecular formula is C62H46N2. The number of para-hydroxylation sites is 4. The molecule has 0 aliphatic rings. The van der Waals surface area contributed by atoms with Crippen LogP contribution in [0.5, 0.6) is 0 Å². The highest BCUT2D eigenvalue weighted by Gasteiger charge is 2.19. The zero-order valence-corrected chi connectivity index (χ0v) is 35.5. The van der Waals surface area contributed by atoms with Crippen LogP contribution in [0.2, 0.25) is 0 Å². The molecule has 0 bridgehead atoms. The number of nitrogens with zero attached hydrogens (tertiary/aromatic N) is 2. The van der Waals surface area contributed by atoms with Crippen LogP contribution in [0.1, 0.15) is 22.3 Å². The van der Waals surface area contributed by atoms with Crippen LogP contribution < -0.4 is 9.80 Å². The van der Waals surface area contributed by atoms with E-state index in [0.717, 1.165) is 78.6 Å². The monoisotopic (exact) mass is 818 g/mol. The fraction of sp³-hybridized carbons (Fsp3) is 0. The molecule has 0 atom stereocenters. The van der Waals surface area contributed by atoms with Gasteiger partial charge in [-0.15, -0.1) is 0 Å². The van der Waals surface area contributed by atoms with Gasteiger partial charge in [0.1, 0.15) is 0 Å². The first kappa shape index (κ1) is 39.7. The molecule has 2 nitrogen and oxygen atoms in total. The lowest BCUT2D eigenvalue weighted by Crippen LogP contribution is -2.09. The third-order valence-corrected chi connectivity index (χ3v) is 11.7. The van der Waals surface area contributed by atoms with Crippen LogP contribution in [-0.4, -0.2) is 0 Å². The average molecular weight is 819 g/mol. The molecule has 2 heteroatoms. The van der Waals surface area contributed by atoms with E-state index in [0.29, 0.717) is 0 Å². The molecule has 0 unspecified atom stereocenters. The highest BCUT2D eigenvalue weighted by atomic mass is 15.1. The maximum absolute atomic E-state index is 2.35. The first-order valence-electron chi connectivity index (χ1n) is 21.8. The van der Waals surface area contributed by atoms with E-state index >= 15 is 0 Å². The Morgan fingerprint density at radius 1 is 0.188 bits per heavy atom. The Hall–Kier alpha value is -8.46. The Morgan fingerprint density at radius 3 is 0.750 bits per heavy atom. The summed E-state index contributed by atoms with van der Waals surface area (Å²) in [6.45, 7) is 0.